The summed E-state index contributed by atoms with van der Waals surface area (Å²) in [6, 6.07) is 4.62. The molecule has 1 aliphatic rings. The summed E-state index contributed by atoms with van der Waals surface area (Å²) in [5, 5.41) is 3.42. The second kappa shape index (κ2) is 5.41. The van der Waals surface area contributed by atoms with E-state index in [1.54, 1.807) is 0 Å². The quantitative estimate of drug-likeness (QED) is 0.837. The first-order valence-corrected chi connectivity index (χ1v) is 5.99. The lowest BCUT2D eigenvalue weighted by molar-refractivity contribution is 0.0963. The van der Waals surface area contributed by atoms with Gasteiger partial charge in [-0.25, -0.2) is 0 Å². The van der Waals surface area contributed by atoms with Gasteiger partial charge in [-0.2, -0.15) is 0 Å². The van der Waals surface area contributed by atoms with Crippen LogP contribution in [0.5, 0.6) is 0 Å². The first-order valence-electron chi connectivity index (χ1n) is 5.99. The van der Waals surface area contributed by atoms with Gasteiger partial charge in [-0.3, -0.25) is 4.98 Å². The number of aromatic nitrogens is 1. The van der Waals surface area contributed by atoms with Crippen LogP contribution in [-0.2, 0) is 11.2 Å². The van der Waals surface area contributed by atoms with Gasteiger partial charge in [0.15, 0.2) is 0 Å². The van der Waals surface area contributed by atoms with E-state index >= 15 is 0 Å². The van der Waals surface area contributed by atoms with Gasteiger partial charge in [-0.15, -0.1) is 0 Å². The van der Waals surface area contributed by atoms with Crippen molar-refractivity contribution in [3.63, 3.8) is 0 Å². The molecular formula is C13H20N2O. The Balaban J connectivity index is 2.00. The minimum Gasteiger partial charge on any atom is -0.378 e. The van der Waals surface area contributed by atoms with Crippen molar-refractivity contribution in [2.45, 2.75) is 31.9 Å². The molecule has 3 nitrogen and oxygen atoms in total. The Morgan fingerprint density at radius 3 is 3.06 bits per heavy atom. The summed E-state index contributed by atoms with van der Waals surface area (Å²) < 4.78 is 5.63. The molecule has 3 unspecified atom stereocenters. The van der Waals surface area contributed by atoms with Crippen LogP contribution in [0.1, 0.15) is 18.9 Å². The molecular weight excluding hydrogens is 200 g/mol. The van der Waals surface area contributed by atoms with Crippen LogP contribution >= 0.6 is 0 Å². The second-order valence-electron chi connectivity index (χ2n) is 4.49. The molecule has 0 saturated carbocycles. The van der Waals surface area contributed by atoms with E-state index in [2.05, 4.69) is 23.3 Å². The molecule has 0 amide bonds. The highest BCUT2D eigenvalue weighted by Gasteiger charge is 2.30. The zero-order valence-corrected chi connectivity index (χ0v) is 10.0. The SMILES string of the molecule is CNC(Cc1cccnc1)C1CCOC1C. The Morgan fingerprint density at radius 2 is 2.50 bits per heavy atom. The fourth-order valence-electron chi connectivity index (χ4n) is 2.52. The maximum atomic E-state index is 5.63. The van der Waals surface area contributed by atoms with Crippen LogP contribution in [0.4, 0.5) is 0 Å². The third-order valence-corrected chi connectivity index (χ3v) is 3.50. The Labute approximate surface area is 97.2 Å². The van der Waals surface area contributed by atoms with Crippen molar-refractivity contribution in [3.8, 4) is 0 Å². The van der Waals surface area contributed by atoms with Gasteiger partial charge in [0.1, 0.15) is 0 Å². The van der Waals surface area contributed by atoms with Crippen LogP contribution in [-0.4, -0.2) is 30.8 Å². The lowest BCUT2D eigenvalue weighted by Gasteiger charge is -2.25. The van der Waals surface area contributed by atoms with Gasteiger partial charge in [0.2, 0.25) is 0 Å². The van der Waals surface area contributed by atoms with E-state index in [4.69, 9.17) is 4.74 Å². The molecule has 3 heteroatoms. The van der Waals surface area contributed by atoms with E-state index in [0.29, 0.717) is 18.1 Å². The lowest BCUT2D eigenvalue weighted by Crippen LogP contribution is -2.38. The van der Waals surface area contributed by atoms with Crippen molar-refractivity contribution < 1.29 is 4.74 Å². The van der Waals surface area contributed by atoms with E-state index in [9.17, 15) is 0 Å². The average Bonchev–Trinajstić information content (AvgIpc) is 2.74. The van der Waals surface area contributed by atoms with Crippen molar-refractivity contribution in [1.82, 2.24) is 10.3 Å². The highest BCUT2D eigenvalue weighted by atomic mass is 16.5. The number of nitrogens with zero attached hydrogens (tertiary/aromatic N) is 1. The molecule has 1 aromatic heterocycles. The number of pyridine rings is 1. The van der Waals surface area contributed by atoms with Gasteiger partial charge in [0.25, 0.3) is 0 Å². The molecule has 1 aromatic rings. The normalized spacial score (nSPS) is 26.9. The van der Waals surface area contributed by atoms with Crippen molar-refractivity contribution in [2.24, 2.45) is 5.92 Å². The minimum absolute atomic E-state index is 0.370. The highest BCUT2D eigenvalue weighted by Crippen LogP contribution is 2.25. The number of nitrogens with one attached hydrogen (secondary N) is 1. The van der Waals surface area contributed by atoms with Crippen LogP contribution in [0.25, 0.3) is 0 Å². The zero-order chi connectivity index (χ0) is 11.4. The third-order valence-electron chi connectivity index (χ3n) is 3.50. The van der Waals surface area contributed by atoms with Gasteiger partial charge in [-0.05, 0) is 38.4 Å². The van der Waals surface area contributed by atoms with E-state index in [0.717, 1.165) is 19.4 Å². The highest BCUT2D eigenvalue weighted by molar-refractivity contribution is 5.11. The maximum absolute atomic E-state index is 5.63. The summed E-state index contributed by atoms with van der Waals surface area (Å²) in [5.41, 5.74) is 1.29. The molecule has 0 aliphatic carbocycles. The molecule has 2 rings (SSSR count). The molecule has 1 fully saturated rings. The average molecular weight is 220 g/mol. The van der Waals surface area contributed by atoms with Crippen LogP contribution < -0.4 is 5.32 Å². The van der Waals surface area contributed by atoms with Crippen molar-refractivity contribution >= 4 is 0 Å². The Bertz CT molecular complexity index is 315. The van der Waals surface area contributed by atoms with Gasteiger partial charge < -0.3 is 10.1 Å². The Hall–Kier alpha value is -0.930. The summed E-state index contributed by atoms with van der Waals surface area (Å²) in [5.74, 6) is 0.616. The molecule has 0 spiro atoms. The topological polar surface area (TPSA) is 34.2 Å². The molecule has 16 heavy (non-hydrogen) atoms. The Kier molecular flexibility index (Phi) is 3.91. The smallest absolute Gasteiger partial charge is 0.0590 e. The van der Waals surface area contributed by atoms with Crippen molar-refractivity contribution in [1.29, 1.82) is 0 Å². The molecule has 88 valence electrons. The van der Waals surface area contributed by atoms with Crippen LogP contribution in [0, 0.1) is 5.92 Å². The molecule has 0 radical (unpaired) electrons. The summed E-state index contributed by atoms with van der Waals surface area (Å²) in [4.78, 5) is 4.16. The largest absolute Gasteiger partial charge is 0.378 e. The van der Waals surface area contributed by atoms with E-state index in [-0.39, 0.29) is 0 Å². The summed E-state index contributed by atoms with van der Waals surface area (Å²) in [6.45, 7) is 3.07. The van der Waals surface area contributed by atoms with Crippen LogP contribution in [0.2, 0.25) is 0 Å². The Morgan fingerprint density at radius 1 is 1.62 bits per heavy atom. The van der Waals surface area contributed by atoms with Gasteiger partial charge in [0, 0.05) is 31.0 Å². The fourth-order valence-corrected chi connectivity index (χ4v) is 2.52. The predicted molar refractivity (Wildman–Crippen MR) is 64.3 cm³/mol. The lowest BCUT2D eigenvalue weighted by atomic mass is 9.89. The number of hydrogen-bond donors (Lipinski definition) is 1. The van der Waals surface area contributed by atoms with Crippen molar-refractivity contribution in [2.75, 3.05) is 13.7 Å². The zero-order valence-electron chi connectivity index (χ0n) is 10.0. The number of rotatable bonds is 4. The molecule has 1 saturated heterocycles. The predicted octanol–water partition coefficient (Wildman–Crippen LogP) is 1.64. The second-order valence-corrected chi connectivity index (χ2v) is 4.49. The van der Waals surface area contributed by atoms with Crippen LogP contribution in [0.15, 0.2) is 24.5 Å². The minimum atomic E-state index is 0.370. The molecule has 0 bridgehead atoms. The molecule has 1 N–H and O–H groups in total. The first-order chi connectivity index (χ1) is 7.81. The maximum Gasteiger partial charge on any atom is 0.0590 e. The molecule has 2 heterocycles. The summed E-state index contributed by atoms with van der Waals surface area (Å²) in [6.07, 6.45) is 6.33. The molecule has 3 atom stereocenters. The van der Waals surface area contributed by atoms with Gasteiger partial charge in [0.05, 0.1) is 6.10 Å². The standard InChI is InChI=1S/C13H20N2O/c1-10-12(5-7-16-10)13(14-2)8-11-4-3-6-15-9-11/h3-4,6,9-10,12-14H,5,7-8H2,1-2H3. The third kappa shape index (κ3) is 2.60. The van der Waals surface area contributed by atoms with Gasteiger partial charge >= 0.3 is 0 Å². The van der Waals surface area contributed by atoms with Crippen LogP contribution in [0.3, 0.4) is 0 Å². The monoisotopic (exact) mass is 220 g/mol. The molecule has 0 aromatic carbocycles. The summed E-state index contributed by atoms with van der Waals surface area (Å²) >= 11 is 0. The number of ether oxygens (including phenoxy) is 1. The van der Waals surface area contributed by atoms with E-state index in [1.165, 1.54) is 5.56 Å². The first kappa shape index (κ1) is 11.6. The van der Waals surface area contributed by atoms with Gasteiger partial charge in [-0.1, -0.05) is 6.07 Å². The van der Waals surface area contributed by atoms with E-state index in [1.807, 2.05) is 25.5 Å². The summed E-state index contributed by atoms with van der Waals surface area (Å²) in [7, 11) is 2.03. The van der Waals surface area contributed by atoms with Crippen molar-refractivity contribution in [3.05, 3.63) is 30.1 Å². The number of hydrogen-bond acceptors (Lipinski definition) is 3. The fraction of sp³-hybridized carbons (Fsp3) is 0.615. The molecule has 1 aliphatic heterocycles. The number of likely N-dealkylation sites (N-methyl/N-ethyl adjacent to an activating group) is 1. The van der Waals surface area contributed by atoms with E-state index < -0.39 is 0 Å².